The number of benzene rings is 1. The maximum Gasteiger partial charge on any atom is 0.119 e. The van der Waals surface area contributed by atoms with E-state index in [0.29, 0.717) is 0 Å². The summed E-state index contributed by atoms with van der Waals surface area (Å²) < 4.78 is 5.36. The second-order valence-electron chi connectivity index (χ2n) is 3.47. The van der Waals surface area contributed by atoms with Crippen LogP contribution in [0.15, 0.2) is 24.3 Å². The van der Waals surface area contributed by atoms with Crippen molar-refractivity contribution in [1.29, 1.82) is 0 Å². The molecule has 2 nitrogen and oxygen atoms in total. The van der Waals surface area contributed by atoms with Gasteiger partial charge in [0.2, 0.25) is 0 Å². The molecule has 2 heteroatoms. The summed E-state index contributed by atoms with van der Waals surface area (Å²) in [6, 6.07) is 8.17. The summed E-state index contributed by atoms with van der Waals surface area (Å²) >= 11 is 0. The smallest absolute Gasteiger partial charge is 0.119 e. The molecule has 0 heterocycles. The Kier molecular flexibility index (Phi) is 4.47. The molecule has 14 heavy (non-hydrogen) atoms. The van der Waals surface area contributed by atoms with Crippen LogP contribution in [0.5, 0.6) is 5.75 Å². The van der Waals surface area contributed by atoms with E-state index < -0.39 is 0 Å². The molecule has 0 aromatic heterocycles. The second kappa shape index (κ2) is 5.66. The van der Waals surface area contributed by atoms with E-state index in [2.05, 4.69) is 37.5 Å². The van der Waals surface area contributed by atoms with Crippen LogP contribution in [-0.4, -0.2) is 32.1 Å². The van der Waals surface area contributed by atoms with Crippen molar-refractivity contribution in [1.82, 2.24) is 4.90 Å². The highest BCUT2D eigenvalue weighted by Gasteiger charge is 1.96. The number of ether oxygens (including phenoxy) is 1. The molecule has 0 amide bonds. The monoisotopic (exact) mass is 192 g/mol. The van der Waals surface area contributed by atoms with Gasteiger partial charge in [-0.05, 0) is 38.7 Å². The first-order valence-corrected chi connectivity index (χ1v) is 4.93. The zero-order valence-corrected chi connectivity index (χ0v) is 9.16. The SMILES string of the molecule is CCOc1ccc([CH]CN(C)C)cc1. The van der Waals surface area contributed by atoms with Gasteiger partial charge in [-0.3, -0.25) is 0 Å². The molecule has 0 bridgehead atoms. The minimum Gasteiger partial charge on any atom is -0.494 e. The lowest BCUT2D eigenvalue weighted by molar-refractivity contribution is 0.340. The molecule has 0 fully saturated rings. The van der Waals surface area contributed by atoms with Crippen molar-refractivity contribution < 1.29 is 4.74 Å². The fourth-order valence-corrected chi connectivity index (χ4v) is 1.15. The molecule has 0 saturated heterocycles. The summed E-state index contributed by atoms with van der Waals surface area (Å²) in [4.78, 5) is 2.14. The minimum absolute atomic E-state index is 0.723. The van der Waals surface area contributed by atoms with Crippen LogP contribution < -0.4 is 4.74 Å². The molecule has 1 aromatic rings. The summed E-state index contributed by atoms with van der Waals surface area (Å²) in [5.41, 5.74) is 1.24. The molecule has 1 radical (unpaired) electrons. The average Bonchev–Trinajstić information content (AvgIpc) is 2.17. The van der Waals surface area contributed by atoms with Crippen LogP contribution >= 0.6 is 0 Å². The van der Waals surface area contributed by atoms with Gasteiger partial charge in [-0.25, -0.2) is 0 Å². The Morgan fingerprint density at radius 3 is 2.36 bits per heavy atom. The molecule has 1 rings (SSSR count). The Hall–Kier alpha value is -1.02. The summed E-state index contributed by atoms with van der Waals surface area (Å²) in [5.74, 6) is 0.939. The Balaban J connectivity index is 2.46. The molecule has 0 aliphatic heterocycles. The number of hydrogen-bond acceptors (Lipinski definition) is 2. The third-order valence-electron chi connectivity index (χ3n) is 1.88. The summed E-state index contributed by atoms with van der Waals surface area (Å²) in [5, 5.41) is 0. The van der Waals surface area contributed by atoms with Crippen LogP contribution in [0.4, 0.5) is 0 Å². The highest BCUT2D eigenvalue weighted by molar-refractivity contribution is 5.31. The van der Waals surface area contributed by atoms with Crippen LogP contribution in [0.25, 0.3) is 0 Å². The van der Waals surface area contributed by atoms with Crippen molar-refractivity contribution >= 4 is 0 Å². The predicted molar refractivity (Wildman–Crippen MR) is 59.6 cm³/mol. The minimum atomic E-state index is 0.723. The molecular weight excluding hydrogens is 174 g/mol. The van der Waals surface area contributed by atoms with Gasteiger partial charge in [-0.2, -0.15) is 0 Å². The molecule has 0 saturated carbocycles. The van der Waals surface area contributed by atoms with Crippen molar-refractivity contribution in [2.24, 2.45) is 0 Å². The van der Waals surface area contributed by atoms with Crippen molar-refractivity contribution in [3.63, 3.8) is 0 Å². The lowest BCUT2D eigenvalue weighted by Crippen LogP contribution is -2.13. The van der Waals surface area contributed by atoms with Gasteiger partial charge in [0.15, 0.2) is 0 Å². The largest absolute Gasteiger partial charge is 0.494 e. The van der Waals surface area contributed by atoms with E-state index in [9.17, 15) is 0 Å². The summed E-state index contributed by atoms with van der Waals surface area (Å²) in [6.45, 7) is 3.68. The lowest BCUT2D eigenvalue weighted by atomic mass is 10.1. The van der Waals surface area contributed by atoms with Gasteiger partial charge in [0.05, 0.1) is 6.61 Å². The fourth-order valence-electron chi connectivity index (χ4n) is 1.15. The van der Waals surface area contributed by atoms with Gasteiger partial charge in [-0.1, -0.05) is 12.1 Å². The standard InChI is InChI=1S/C12H18NO/c1-4-14-12-7-5-11(6-8-12)9-10-13(2)3/h5-9H,4,10H2,1-3H3. The third kappa shape index (κ3) is 3.79. The molecular formula is C12H18NO. The van der Waals surface area contributed by atoms with Crippen molar-refractivity contribution in [3.8, 4) is 5.75 Å². The first-order valence-electron chi connectivity index (χ1n) is 4.93. The topological polar surface area (TPSA) is 12.5 Å². The normalized spacial score (nSPS) is 10.6. The van der Waals surface area contributed by atoms with Gasteiger partial charge in [-0.15, -0.1) is 0 Å². The molecule has 0 spiro atoms. The maximum atomic E-state index is 5.36. The van der Waals surface area contributed by atoms with E-state index in [-0.39, 0.29) is 0 Å². The van der Waals surface area contributed by atoms with Crippen LogP contribution in [0.2, 0.25) is 0 Å². The van der Waals surface area contributed by atoms with Crippen LogP contribution in [0.3, 0.4) is 0 Å². The highest BCUT2D eigenvalue weighted by atomic mass is 16.5. The maximum absolute atomic E-state index is 5.36. The Bertz CT molecular complexity index is 254. The van der Waals surface area contributed by atoms with E-state index in [1.54, 1.807) is 0 Å². The Morgan fingerprint density at radius 1 is 1.21 bits per heavy atom. The van der Waals surface area contributed by atoms with E-state index in [1.807, 2.05) is 19.1 Å². The van der Waals surface area contributed by atoms with Gasteiger partial charge in [0.1, 0.15) is 5.75 Å². The van der Waals surface area contributed by atoms with Gasteiger partial charge < -0.3 is 9.64 Å². The van der Waals surface area contributed by atoms with E-state index in [0.717, 1.165) is 18.9 Å². The first-order chi connectivity index (χ1) is 6.72. The summed E-state index contributed by atoms with van der Waals surface area (Å²) in [7, 11) is 4.12. The average molecular weight is 192 g/mol. The molecule has 77 valence electrons. The third-order valence-corrected chi connectivity index (χ3v) is 1.88. The van der Waals surface area contributed by atoms with Crippen LogP contribution in [0.1, 0.15) is 12.5 Å². The number of nitrogens with zero attached hydrogens (tertiary/aromatic N) is 1. The summed E-state index contributed by atoms with van der Waals surface area (Å²) in [6.07, 6.45) is 2.19. The van der Waals surface area contributed by atoms with Gasteiger partial charge >= 0.3 is 0 Å². The number of likely N-dealkylation sites (N-methyl/N-ethyl adjacent to an activating group) is 1. The quantitative estimate of drug-likeness (QED) is 0.709. The molecule has 0 atom stereocenters. The number of hydrogen-bond donors (Lipinski definition) is 0. The molecule has 0 N–H and O–H groups in total. The lowest BCUT2D eigenvalue weighted by Gasteiger charge is -2.09. The van der Waals surface area contributed by atoms with Crippen molar-refractivity contribution in [2.45, 2.75) is 6.92 Å². The molecule has 0 aliphatic carbocycles. The molecule has 0 aliphatic rings. The zero-order chi connectivity index (χ0) is 10.4. The molecule has 1 aromatic carbocycles. The highest BCUT2D eigenvalue weighted by Crippen LogP contribution is 2.13. The van der Waals surface area contributed by atoms with Gasteiger partial charge in [0.25, 0.3) is 0 Å². The van der Waals surface area contributed by atoms with Crippen molar-refractivity contribution in [3.05, 3.63) is 36.2 Å². The predicted octanol–water partition coefficient (Wildman–Crippen LogP) is 2.20. The van der Waals surface area contributed by atoms with Crippen LogP contribution in [0, 0.1) is 6.42 Å². The molecule has 0 unspecified atom stereocenters. The number of rotatable bonds is 5. The fraction of sp³-hybridized carbons (Fsp3) is 0.417. The Morgan fingerprint density at radius 2 is 1.86 bits per heavy atom. The second-order valence-corrected chi connectivity index (χ2v) is 3.47. The van der Waals surface area contributed by atoms with Crippen molar-refractivity contribution in [2.75, 3.05) is 27.2 Å². The van der Waals surface area contributed by atoms with E-state index in [4.69, 9.17) is 4.74 Å². The first kappa shape index (κ1) is 11.1. The Labute approximate surface area is 86.5 Å². The van der Waals surface area contributed by atoms with Crippen LogP contribution in [-0.2, 0) is 0 Å². The van der Waals surface area contributed by atoms with Gasteiger partial charge in [0, 0.05) is 13.0 Å². The zero-order valence-electron chi connectivity index (χ0n) is 9.16. The van der Waals surface area contributed by atoms with E-state index in [1.165, 1.54) is 5.56 Å². The van der Waals surface area contributed by atoms with E-state index >= 15 is 0 Å².